The summed E-state index contributed by atoms with van der Waals surface area (Å²) in [4.78, 5) is 11.2. The molecule has 0 aliphatic rings. The zero-order valence-electron chi connectivity index (χ0n) is 9.54. The smallest absolute Gasteiger partial charge is 0.306 e. The van der Waals surface area contributed by atoms with Gasteiger partial charge in [0.15, 0.2) is 11.6 Å². The van der Waals surface area contributed by atoms with E-state index in [0.29, 0.717) is 18.6 Å². The van der Waals surface area contributed by atoms with E-state index in [1.165, 1.54) is 13.2 Å². The number of esters is 1. The Morgan fingerprint density at radius 2 is 2.00 bits per heavy atom. The Bertz CT molecular complexity index is 380. The van der Waals surface area contributed by atoms with E-state index in [-0.39, 0.29) is 19.0 Å². The fourth-order valence-electron chi connectivity index (χ4n) is 1.25. The van der Waals surface area contributed by atoms with Crippen LogP contribution in [0.1, 0.15) is 12.0 Å². The van der Waals surface area contributed by atoms with Crippen LogP contribution in [0.25, 0.3) is 0 Å². The lowest BCUT2D eigenvalue weighted by Crippen LogP contribution is -2.10. The number of hydrogen-bond acceptors (Lipinski definition) is 3. The van der Waals surface area contributed by atoms with E-state index in [1.54, 1.807) is 0 Å². The number of benzene rings is 1. The Labute approximate surface area is 98.3 Å². The summed E-state index contributed by atoms with van der Waals surface area (Å²) < 4.78 is 35.0. The molecule has 0 amide bonds. The fourth-order valence-corrected chi connectivity index (χ4v) is 1.25. The zero-order chi connectivity index (χ0) is 12.7. The van der Waals surface area contributed by atoms with Gasteiger partial charge in [-0.15, -0.1) is 0 Å². The van der Waals surface area contributed by atoms with Gasteiger partial charge in [-0.2, -0.15) is 0 Å². The largest absolute Gasteiger partial charge is 0.463 e. The molecule has 0 heterocycles. The molecular weight excluding hydrogens is 230 g/mol. The highest BCUT2D eigenvalue weighted by atomic mass is 19.2. The minimum absolute atomic E-state index is 0.134. The molecule has 0 unspecified atom stereocenters. The number of aryl methyl sites for hydroxylation is 1. The second kappa shape index (κ2) is 6.96. The highest BCUT2D eigenvalue weighted by Gasteiger charge is 2.06. The molecule has 5 heteroatoms. The van der Waals surface area contributed by atoms with Crippen LogP contribution in [0.5, 0.6) is 0 Å². The topological polar surface area (TPSA) is 35.5 Å². The van der Waals surface area contributed by atoms with Crippen LogP contribution < -0.4 is 0 Å². The molecule has 0 atom stereocenters. The van der Waals surface area contributed by atoms with E-state index in [0.717, 1.165) is 12.1 Å². The standard InChI is InChI=1S/C12H14F2O3/c1-16-6-7-17-12(15)5-3-9-2-4-10(13)11(14)8-9/h2,4,8H,3,5-7H2,1H3. The first-order valence-corrected chi connectivity index (χ1v) is 5.22. The third kappa shape index (κ3) is 4.91. The lowest BCUT2D eigenvalue weighted by atomic mass is 10.1. The third-order valence-electron chi connectivity index (χ3n) is 2.15. The van der Waals surface area contributed by atoms with Gasteiger partial charge in [-0.3, -0.25) is 4.79 Å². The molecule has 0 aliphatic carbocycles. The van der Waals surface area contributed by atoms with E-state index in [1.807, 2.05) is 0 Å². The summed E-state index contributed by atoms with van der Waals surface area (Å²) in [7, 11) is 1.51. The molecule has 0 bridgehead atoms. The Morgan fingerprint density at radius 1 is 1.24 bits per heavy atom. The average Bonchev–Trinajstić information content (AvgIpc) is 2.31. The van der Waals surface area contributed by atoms with Crippen molar-refractivity contribution in [1.82, 2.24) is 0 Å². The van der Waals surface area contributed by atoms with E-state index in [9.17, 15) is 13.6 Å². The molecule has 1 rings (SSSR count). The van der Waals surface area contributed by atoms with Gasteiger partial charge in [0.05, 0.1) is 6.61 Å². The lowest BCUT2D eigenvalue weighted by Gasteiger charge is -2.04. The van der Waals surface area contributed by atoms with Gasteiger partial charge < -0.3 is 9.47 Å². The number of carbonyl (C=O) groups is 1. The van der Waals surface area contributed by atoms with Crippen molar-refractivity contribution in [3.8, 4) is 0 Å². The normalized spacial score (nSPS) is 10.3. The summed E-state index contributed by atoms with van der Waals surface area (Å²) in [5.74, 6) is -2.18. The summed E-state index contributed by atoms with van der Waals surface area (Å²) in [5, 5.41) is 0. The molecule has 0 radical (unpaired) electrons. The van der Waals surface area contributed by atoms with E-state index in [4.69, 9.17) is 9.47 Å². The van der Waals surface area contributed by atoms with Crippen LogP contribution in [0.2, 0.25) is 0 Å². The van der Waals surface area contributed by atoms with E-state index in [2.05, 4.69) is 0 Å². The predicted octanol–water partition coefficient (Wildman–Crippen LogP) is 2.09. The van der Waals surface area contributed by atoms with Crippen molar-refractivity contribution in [3.63, 3.8) is 0 Å². The maximum atomic E-state index is 12.8. The van der Waals surface area contributed by atoms with Crippen molar-refractivity contribution in [2.75, 3.05) is 20.3 Å². The van der Waals surface area contributed by atoms with Crippen LogP contribution >= 0.6 is 0 Å². The second-order valence-electron chi connectivity index (χ2n) is 3.46. The molecule has 3 nitrogen and oxygen atoms in total. The van der Waals surface area contributed by atoms with Crippen LogP contribution in [0.4, 0.5) is 8.78 Å². The molecule has 1 aromatic rings. The second-order valence-corrected chi connectivity index (χ2v) is 3.46. The summed E-state index contributed by atoms with van der Waals surface area (Å²) in [6, 6.07) is 3.57. The minimum Gasteiger partial charge on any atom is -0.463 e. The molecule has 0 saturated carbocycles. The number of hydrogen-bond donors (Lipinski definition) is 0. The maximum Gasteiger partial charge on any atom is 0.306 e. The molecule has 0 aliphatic heterocycles. The first-order valence-electron chi connectivity index (χ1n) is 5.22. The van der Waals surface area contributed by atoms with Crippen molar-refractivity contribution in [2.45, 2.75) is 12.8 Å². The summed E-state index contributed by atoms with van der Waals surface area (Å²) >= 11 is 0. The lowest BCUT2D eigenvalue weighted by molar-refractivity contribution is -0.144. The number of ether oxygens (including phenoxy) is 2. The molecule has 0 fully saturated rings. The summed E-state index contributed by atoms with van der Waals surface area (Å²) in [6.07, 6.45) is 0.456. The Balaban J connectivity index is 2.34. The number of rotatable bonds is 6. The minimum atomic E-state index is -0.907. The monoisotopic (exact) mass is 244 g/mol. The van der Waals surface area contributed by atoms with Crippen molar-refractivity contribution in [3.05, 3.63) is 35.4 Å². The van der Waals surface area contributed by atoms with Gasteiger partial charge in [0.25, 0.3) is 0 Å². The average molecular weight is 244 g/mol. The Hall–Kier alpha value is -1.49. The number of methoxy groups -OCH3 is 1. The van der Waals surface area contributed by atoms with Crippen molar-refractivity contribution < 1.29 is 23.0 Å². The molecule has 0 N–H and O–H groups in total. The van der Waals surface area contributed by atoms with Crippen molar-refractivity contribution in [2.24, 2.45) is 0 Å². The van der Waals surface area contributed by atoms with Gasteiger partial charge in [0.2, 0.25) is 0 Å². The van der Waals surface area contributed by atoms with Crippen LogP contribution in [-0.4, -0.2) is 26.3 Å². The first-order chi connectivity index (χ1) is 8.13. The molecule has 1 aromatic carbocycles. The zero-order valence-corrected chi connectivity index (χ0v) is 9.54. The van der Waals surface area contributed by atoms with E-state index < -0.39 is 11.6 Å². The Kier molecular flexibility index (Phi) is 5.56. The summed E-state index contributed by atoms with van der Waals surface area (Å²) in [5.41, 5.74) is 0.563. The molecule has 94 valence electrons. The van der Waals surface area contributed by atoms with Crippen LogP contribution in [0.15, 0.2) is 18.2 Å². The van der Waals surface area contributed by atoms with Gasteiger partial charge in [0, 0.05) is 13.5 Å². The molecule has 0 aromatic heterocycles. The van der Waals surface area contributed by atoms with Gasteiger partial charge in [0.1, 0.15) is 6.61 Å². The summed E-state index contributed by atoms with van der Waals surface area (Å²) in [6.45, 7) is 0.546. The van der Waals surface area contributed by atoms with Gasteiger partial charge in [-0.25, -0.2) is 8.78 Å². The number of halogens is 2. The molecule has 17 heavy (non-hydrogen) atoms. The fraction of sp³-hybridized carbons (Fsp3) is 0.417. The molecular formula is C12H14F2O3. The Morgan fingerprint density at radius 3 is 2.65 bits per heavy atom. The van der Waals surface area contributed by atoms with Crippen LogP contribution in [-0.2, 0) is 20.7 Å². The molecule has 0 spiro atoms. The molecule has 0 saturated heterocycles. The van der Waals surface area contributed by atoms with Gasteiger partial charge in [-0.1, -0.05) is 6.07 Å². The SMILES string of the molecule is COCCOC(=O)CCc1ccc(F)c(F)c1. The number of carbonyl (C=O) groups excluding carboxylic acids is 1. The van der Waals surface area contributed by atoms with Gasteiger partial charge >= 0.3 is 5.97 Å². The maximum absolute atomic E-state index is 12.8. The van der Waals surface area contributed by atoms with E-state index >= 15 is 0 Å². The quantitative estimate of drug-likeness (QED) is 0.567. The van der Waals surface area contributed by atoms with Crippen molar-refractivity contribution in [1.29, 1.82) is 0 Å². The highest BCUT2D eigenvalue weighted by Crippen LogP contribution is 2.10. The first kappa shape index (κ1) is 13.6. The van der Waals surface area contributed by atoms with Crippen LogP contribution in [0, 0.1) is 11.6 Å². The van der Waals surface area contributed by atoms with Crippen molar-refractivity contribution >= 4 is 5.97 Å². The van der Waals surface area contributed by atoms with Crippen LogP contribution in [0.3, 0.4) is 0 Å². The predicted molar refractivity (Wildman–Crippen MR) is 57.5 cm³/mol. The van der Waals surface area contributed by atoms with Gasteiger partial charge in [-0.05, 0) is 24.1 Å². The third-order valence-corrected chi connectivity index (χ3v) is 2.15. The highest BCUT2D eigenvalue weighted by molar-refractivity contribution is 5.69.